The minimum Gasteiger partial charge on any atom is -0.376 e. The molecule has 2 aromatic rings. The lowest BCUT2D eigenvalue weighted by Crippen LogP contribution is -2.33. The molecule has 1 aromatic carbocycles. The Morgan fingerprint density at radius 1 is 1.17 bits per heavy atom. The molecule has 156 valence electrons. The van der Waals surface area contributed by atoms with Crippen molar-refractivity contribution in [2.24, 2.45) is 0 Å². The molecule has 7 nitrogen and oxygen atoms in total. The number of aromatic nitrogens is 3. The largest absolute Gasteiger partial charge is 0.376 e. The summed E-state index contributed by atoms with van der Waals surface area (Å²) in [6.45, 7) is 5.46. The van der Waals surface area contributed by atoms with Crippen LogP contribution in [0.1, 0.15) is 37.7 Å². The first kappa shape index (κ1) is 20.2. The molecule has 1 atom stereocenters. The van der Waals surface area contributed by atoms with Gasteiger partial charge in [-0.15, -0.1) is 10.2 Å². The summed E-state index contributed by atoms with van der Waals surface area (Å²) in [5.74, 6) is 1.19. The fourth-order valence-corrected chi connectivity index (χ4v) is 4.57. The van der Waals surface area contributed by atoms with E-state index in [1.165, 1.54) is 36.6 Å². The van der Waals surface area contributed by atoms with Crippen molar-refractivity contribution in [1.82, 2.24) is 20.1 Å². The van der Waals surface area contributed by atoms with Crippen molar-refractivity contribution in [3.8, 4) is 5.69 Å². The normalized spacial score (nSPS) is 19.5. The second kappa shape index (κ2) is 9.63. The number of aryl methyl sites for hydroxylation is 1. The van der Waals surface area contributed by atoms with E-state index in [0.29, 0.717) is 12.3 Å². The van der Waals surface area contributed by atoms with Crippen LogP contribution in [0.4, 0.5) is 5.95 Å². The van der Waals surface area contributed by atoms with E-state index in [4.69, 9.17) is 4.74 Å². The molecule has 4 rings (SSSR count). The molecule has 1 aromatic heterocycles. The quantitative estimate of drug-likeness (QED) is 0.701. The third-order valence-electron chi connectivity index (χ3n) is 5.43. The third kappa shape index (κ3) is 5.11. The van der Waals surface area contributed by atoms with Crippen LogP contribution in [-0.2, 0) is 9.53 Å². The van der Waals surface area contributed by atoms with Crippen LogP contribution in [0.25, 0.3) is 5.69 Å². The van der Waals surface area contributed by atoms with Crippen LogP contribution >= 0.6 is 11.8 Å². The zero-order chi connectivity index (χ0) is 20.1. The highest BCUT2D eigenvalue weighted by Gasteiger charge is 2.22. The Hall–Kier alpha value is -2.06. The Labute approximate surface area is 176 Å². The van der Waals surface area contributed by atoms with E-state index in [-0.39, 0.29) is 12.0 Å². The molecule has 0 radical (unpaired) electrons. The molecular weight excluding hydrogens is 386 g/mol. The average Bonchev–Trinajstić information content (AvgIpc) is 3.42. The Morgan fingerprint density at radius 2 is 1.97 bits per heavy atom. The summed E-state index contributed by atoms with van der Waals surface area (Å²) in [7, 11) is 0. The number of hydrogen-bond donors (Lipinski definition) is 1. The van der Waals surface area contributed by atoms with Gasteiger partial charge in [0.25, 0.3) is 0 Å². The van der Waals surface area contributed by atoms with E-state index >= 15 is 0 Å². The van der Waals surface area contributed by atoms with Gasteiger partial charge in [-0.3, -0.25) is 9.36 Å². The number of benzene rings is 1. The summed E-state index contributed by atoms with van der Waals surface area (Å²) < 4.78 is 7.66. The molecule has 1 amide bonds. The maximum Gasteiger partial charge on any atom is 0.232 e. The van der Waals surface area contributed by atoms with E-state index in [2.05, 4.69) is 56.2 Å². The van der Waals surface area contributed by atoms with Gasteiger partial charge in [0, 0.05) is 26.2 Å². The van der Waals surface area contributed by atoms with Crippen molar-refractivity contribution in [3.63, 3.8) is 0 Å². The van der Waals surface area contributed by atoms with E-state index in [1.807, 2.05) is 0 Å². The van der Waals surface area contributed by atoms with Crippen molar-refractivity contribution < 1.29 is 9.53 Å². The maximum atomic E-state index is 12.3. The van der Waals surface area contributed by atoms with Crippen molar-refractivity contribution >= 4 is 23.6 Å². The van der Waals surface area contributed by atoms with E-state index in [1.54, 1.807) is 0 Å². The summed E-state index contributed by atoms with van der Waals surface area (Å²) in [5, 5.41) is 12.7. The number of rotatable bonds is 7. The summed E-state index contributed by atoms with van der Waals surface area (Å²) in [4.78, 5) is 14.6. The number of carbonyl (C=O) groups is 1. The monoisotopic (exact) mass is 415 g/mol. The molecule has 0 unspecified atom stereocenters. The zero-order valence-corrected chi connectivity index (χ0v) is 17.8. The van der Waals surface area contributed by atoms with Crippen LogP contribution in [0.2, 0.25) is 0 Å². The second-order valence-electron chi connectivity index (χ2n) is 7.73. The number of nitrogens with one attached hydrogen (secondary N) is 1. The van der Waals surface area contributed by atoms with Gasteiger partial charge in [0.1, 0.15) is 0 Å². The molecule has 0 spiro atoms. The molecular formula is C21H29N5O2S. The number of piperidine rings is 1. The lowest BCUT2D eigenvalue weighted by Gasteiger charge is -2.27. The molecule has 8 heteroatoms. The molecule has 2 aliphatic rings. The number of carbonyl (C=O) groups excluding carboxylic acids is 1. The van der Waals surface area contributed by atoms with Crippen LogP contribution < -0.4 is 10.2 Å². The van der Waals surface area contributed by atoms with Gasteiger partial charge in [0.05, 0.1) is 17.5 Å². The van der Waals surface area contributed by atoms with E-state index < -0.39 is 0 Å². The molecule has 2 fully saturated rings. The number of nitrogens with zero attached hydrogens (tertiary/aromatic N) is 4. The van der Waals surface area contributed by atoms with Crippen molar-refractivity contribution in [2.45, 2.75) is 50.3 Å². The molecule has 2 saturated heterocycles. The number of anilines is 1. The molecule has 1 N–H and O–H groups in total. The van der Waals surface area contributed by atoms with E-state index in [9.17, 15) is 4.79 Å². The lowest BCUT2D eigenvalue weighted by molar-refractivity contribution is -0.119. The first-order chi connectivity index (χ1) is 14.2. The molecule has 29 heavy (non-hydrogen) atoms. The van der Waals surface area contributed by atoms with Gasteiger partial charge in [-0.1, -0.05) is 29.5 Å². The van der Waals surface area contributed by atoms with Crippen molar-refractivity contribution in [2.75, 3.05) is 36.9 Å². The second-order valence-corrected chi connectivity index (χ2v) is 8.67. The summed E-state index contributed by atoms with van der Waals surface area (Å²) in [6, 6.07) is 8.37. The van der Waals surface area contributed by atoms with Crippen LogP contribution in [0.5, 0.6) is 0 Å². The summed E-state index contributed by atoms with van der Waals surface area (Å²) in [5.41, 5.74) is 2.24. The minimum absolute atomic E-state index is 0.00322. The van der Waals surface area contributed by atoms with Crippen molar-refractivity contribution in [1.29, 1.82) is 0 Å². The maximum absolute atomic E-state index is 12.3. The van der Waals surface area contributed by atoms with Gasteiger partial charge in [0.2, 0.25) is 11.9 Å². The minimum atomic E-state index is 0.00322. The zero-order valence-electron chi connectivity index (χ0n) is 17.0. The third-order valence-corrected chi connectivity index (χ3v) is 6.36. The lowest BCUT2D eigenvalue weighted by atomic mass is 10.1. The molecule has 0 bridgehead atoms. The Bertz CT molecular complexity index is 811. The van der Waals surface area contributed by atoms with Crippen LogP contribution in [0.3, 0.4) is 0 Å². The smallest absolute Gasteiger partial charge is 0.232 e. The average molecular weight is 416 g/mol. The fraction of sp³-hybridized carbons (Fsp3) is 0.571. The highest BCUT2D eigenvalue weighted by atomic mass is 32.2. The van der Waals surface area contributed by atoms with Gasteiger partial charge >= 0.3 is 0 Å². The van der Waals surface area contributed by atoms with Gasteiger partial charge in [0.15, 0.2) is 5.16 Å². The Kier molecular flexibility index (Phi) is 6.71. The molecule has 2 aliphatic heterocycles. The van der Waals surface area contributed by atoms with Crippen LogP contribution in [0.15, 0.2) is 29.4 Å². The predicted octanol–water partition coefficient (Wildman–Crippen LogP) is 2.95. The number of thioether (sulfide) groups is 1. The van der Waals surface area contributed by atoms with Gasteiger partial charge in [-0.2, -0.15) is 0 Å². The number of hydrogen-bond acceptors (Lipinski definition) is 6. The standard InChI is InChI=1S/C21H29N5O2S/c1-16-7-9-17(10-8-16)26-20(25-11-3-2-4-12-25)23-24-21(26)29-15-19(27)22-14-18-6-5-13-28-18/h7-10,18H,2-6,11-15H2,1H3,(H,22,27)/t18-/m0/s1. The number of amides is 1. The summed E-state index contributed by atoms with van der Waals surface area (Å²) >= 11 is 1.43. The first-order valence-corrected chi connectivity index (χ1v) is 11.5. The van der Waals surface area contributed by atoms with Gasteiger partial charge in [-0.05, 0) is 51.2 Å². The fourth-order valence-electron chi connectivity index (χ4n) is 3.79. The molecule has 0 saturated carbocycles. The highest BCUT2D eigenvalue weighted by molar-refractivity contribution is 7.99. The van der Waals surface area contributed by atoms with Crippen molar-refractivity contribution in [3.05, 3.63) is 29.8 Å². The van der Waals surface area contributed by atoms with E-state index in [0.717, 1.165) is 49.3 Å². The number of ether oxygens (including phenoxy) is 1. The SMILES string of the molecule is Cc1ccc(-n2c(SCC(=O)NC[C@@H]3CCCO3)nnc2N2CCCCC2)cc1. The van der Waals surface area contributed by atoms with Gasteiger partial charge in [-0.25, -0.2) is 0 Å². The Morgan fingerprint density at radius 3 is 2.69 bits per heavy atom. The molecule has 3 heterocycles. The predicted molar refractivity (Wildman–Crippen MR) is 115 cm³/mol. The Balaban J connectivity index is 1.47. The topological polar surface area (TPSA) is 72.3 Å². The highest BCUT2D eigenvalue weighted by Crippen LogP contribution is 2.28. The first-order valence-electron chi connectivity index (χ1n) is 10.5. The van der Waals surface area contributed by atoms with Crippen LogP contribution in [-0.4, -0.2) is 58.8 Å². The van der Waals surface area contributed by atoms with Gasteiger partial charge < -0.3 is 15.0 Å². The summed E-state index contributed by atoms with van der Waals surface area (Å²) in [6.07, 6.45) is 5.87. The van der Waals surface area contributed by atoms with Crippen LogP contribution in [0, 0.1) is 6.92 Å². The molecule has 0 aliphatic carbocycles.